The molecular formula is C16H17BrFNO3S. The summed E-state index contributed by atoms with van der Waals surface area (Å²) in [7, 11) is -3.84. The first kappa shape index (κ1) is 17.7. The van der Waals surface area contributed by atoms with Crippen LogP contribution in [0.25, 0.3) is 0 Å². The van der Waals surface area contributed by atoms with Crippen molar-refractivity contribution in [2.45, 2.75) is 18.7 Å². The normalized spacial score (nSPS) is 11.3. The summed E-state index contributed by atoms with van der Waals surface area (Å²) in [5.74, 6) is -0.129. The van der Waals surface area contributed by atoms with Gasteiger partial charge in [0.05, 0.1) is 12.3 Å². The zero-order valence-corrected chi connectivity index (χ0v) is 15.2. The highest BCUT2D eigenvalue weighted by atomic mass is 79.9. The van der Waals surface area contributed by atoms with E-state index in [1.807, 2.05) is 0 Å². The fraction of sp³-hybridized carbons (Fsp3) is 0.250. The van der Waals surface area contributed by atoms with Crippen LogP contribution >= 0.6 is 15.9 Å². The highest BCUT2D eigenvalue weighted by Crippen LogP contribution is 2.32. The molecule has 0 aliphatic rings. The molecule has 0 aromatic heterocycles. The number of hydrogen-bond donors (Lipinski definition) is 0. The lowest BCUT2D eigenvalue weighted by molar-refractivity contribution is 0.331. The average Bonchev–Trinajstić information content (AvgIpc) is 2.51. The van der Waals surface area contributed by atoms with Crippen molar-refractivity contribution in [1.82, 2.24) is 0 Å². The predicted octanol–water partition coefficient (Wildman–Crippen LogP) is 4.20. The van der Waals surface area contributed by atoms with Crippen LogP contribution in [-0.4, -0.2) is 21.6 Å². The monoisotopic (exact) mass is 401 g/mol. The summed E-state index contributed by atoms with van der Waals surface area (Å²) in [6, 6.07) is 10.2. The van der Waals surface area contributed by atoms with Crippen LogP contribution in [0.3, 0.4) is 0 Å². The summed E-state index contributed by atoms with van der Waals surface area (Å²) in [6.07, 6.45) is 0. The van der Waals surface area contributed by atoms with Crippen LogP contribution in [0.1, 0.15) is 13.8 Å². The van der Waals surface area contributed by atoms with Crippen molar-refractivity contribution in [3.63, 3.8) is 0 Å². The molecule has 23 heavy (non-hydrogen) atoms. The van der Waals surface area contributed by atoms with Gasteiger partial charge in [0.1, 0.15) is 16.5 Å². The SMILES string of the molecule is CCOc1ccc(Br)cc1S(=O)(=O)N(CC)c1ccc(F)cc1. The average molecular weight is 402 g/mol. The summed E-state index contributed by atoms with van der Waals surface area (Å²) >= 11 is 3.29. The number of hydrogen-bond acceptors (Lipinski definition) is 3. The van der Waals surface area contributed by atoms with E-state index in [1.165, 1.54) is 34.6 Å². The molecular weight excluding hydrogens is 385 g/mol. The van der Waals surface area contributed by atoms with Crippen molar-refractivity contribution < 1.29 is 17.5 Å². The third kappa shape index (κ3) is 3.84. The molecule has 0 unspecified atom stereocenters. The third-order valence-electron chi connectivity index (χ3n) is 3.18. The van der Waals surface area contributed by atoms with Crippen LogP contribution in [-0.2, 0) is 10.0 Å². The van der Waals surface area contributed by atoms with E-state index >= 15 is 0 Å². The van der Waals surface area contributed by atoms with Crippen LogP contribution in [0.4, 0.5) is 10.1 Å². The Balaban J connectivity index is 2.55. The molecule has 7 heteroatoms. The molecule has 0 saturated carbocycles. The maximum Gasteiger partial charge on any atom is 0.268 e. The van der Waals surface area contributed by atoms with Gasteiger partial charge in [-0.3, -0.25) is 4.31 Å². The van der Waals surface area contributed by atoms with E-state index < -0.39 is 15.8 Å². The zero-order chi connectivity index (χ0) is 17.0. The first-order valence-electron chi connectivity index (χ1n) is 7.10. The number of rotatable bonds is 6. The van der Waals surface area contributed by atoms with Gasteiger partial charge < -0.3 is 4.74 Å². The number of sulfonamides is 1. The number of ether oxygens (including phenoxy) is 1. The summed E-state index contributed by atoms with van der Waals surface area (Å²) in [4.78, 5) is 0.0694. The Morgan fingerprint density at radius 2 is 1.78 bits per heavy atom. The summed E-state index contributed by atoms with van der Waals surface area (Å²) in [6.45, 7) is 4.08. The van der Waals surface area contributed by atoms with Gasteiger partial charge in [-0.2, -0.15) is 0 Å². The lowest BCUT2D eigenvalue weighted by atomic mass is 10.3. The lowest BCUT2D eigenvalue weighted by Crippen LogP contribution is -2.31. The summed E-state index contributed by atoms with van der Waals surface area (Å²) in [5, 5.41) is 0. The Morgan fingerprint density at radius 3 is 2.35 bits per heavy atom. The molecule has 2 rings (SSSR count). The fourth-order valence-corrected chi connectivity index (χ4v) is 4.32. The van der Waals surface area contributed by atoms with Crippen LogP contribution in [0, 0.1) is 5.82 Å². The minimum Gasteiger partial charge on any atom is -0.492 e. The zero-order valence-electron chi connectivity index (χ0n) is 12.8. The number of anilines is 1. The molecule has 0 bridgehead atoms. The number of halogens is 2. The second-order valence-corrected chi connectivity index (χ2v) is 7.42. The van der Waals surface area contributed by atoms with Gasteiger partial charge in [-0.1, -0.05) is 15.9 Å². The van der Waals surface area contributed by atoms with E-state index in [-0.39, 0.29) is 17.2 Å². The smallest absolute Gasteiger partial charge is 0.268 e. The quantitative estimate of drug-likeness (QED) is 0.728. The van der Waals surface area contributed by atoms with Crippen LogP contribution in [0.5, 0.6) is 5.75 Å². The molecule has 0 saturated heterocycles. The Bertz CT molecular complexity index is 778. The van der Waals surface area contributed by atoms with Gasteiger partial charge in [-0.25, -0.2) is 12.8 Å². The van der Waals surface area contributed by atoms with Gasteiger partial charge in [-0.05, 0) is 56.3 Å². The van der Waals surface area contributed by atoms with Gasteiger partial charge in [0, 0.05) is 11.0 Å². The van der Waals surface area contributed by atoms with E-state index in [1.54, 1.807) is 26.0 Å². The standard InChI is InChI=1S/C16H17BrFNO3S/c1-3-19(14-8-6-13(18)7-9-14)23(20,21)16-11-12(17)5-10-15(16)22-4-2/h5-11H,3-4H2,1-2H3. The largest absolute Gasteiger partial charge is 0.492 e. The van der Waals surface area contributed by atoms with E-state index in [4.69, 9.17) is 4.74 Å². The molecule has 0 aliphatic heterocycles. The summed E-state index contributed by atoms with van der Waals surface area (Å²) in [5.41, 5.74) is 0.399. The van der Waals surface area contributed by atoms with Crippen LogP contribution < -0.4 is 9.04 Å². The lowest BCUT2D eigenvalue weighted by Gasteiger charge is -2.24. The fourth-order valence-electron chi connectivity index (χ4n) is 2.18. The topological polar surface area (TPSA) is 46.6 Å². The van der Waals surface area contributed by atoms with Crippen molar-refractivity contribution in [2.75, 3.05) is 17.5 Å². The Morgan fingerprint density at radius 1 is 1.13 bits per heavy atom. The van der Waals surface area contributed by atoms with E-state index in [2.05, 4.69) is 15.9 Å². The minimum absolute atomic E-state index is 0.0694. The van der Waals surface area contributed by atoms with Gasteiger partial charge >= 0.3 is 0 Å². The molecule has 0 heterocycles. The molecule has 0 spiro atoms. The molecule has 0 radical (unpaired) electrons. The van der Waals surface area contributed by atoms with E-state index in [0.29, 0.717) is 16.8 Å². The van der Waals surface area contributed by atoms with Gasteiger partial charge in [0.2, 0.25) is 0 Å². The molecule has 0 amide bonds. The molecule has 0 atom stereocenters. The predicted molar refractivity (Wildman–Crippen MR) is 91.9 cm³/mol. The molecule has 0 N–H and O–H groups in total. The molecule has 4 nitrogen and oxygen atoms in total. The van der Waals surface area contributed by atoms with Gasteiger partial charge in [0.15, 0.2) is 0 Å². The van der Waals surface area contributed by atoms with E-state index in [0.717, 1.165) is 0 Å². The van der Waals surface area contributed by atoms with E-state index in [9.17, 15) is 12.8 Å². The van der Waals surface area contributed by atoms with Crippen LogP contribution in [0.2, 0.25) is 0 Å². The van der Waals surface area contributed by atoms with Crippen LogP contribution in [0.15, 0.2) is 51.8 Å². The van der Waals surface area contributed by atoms with Crippen molar-refractivity contribution in [3.05, 3.63) is 52.8 Å². The highest BCUT2D eigenvalue weighted by molar-refractivity contribution is 9.10. The first-order valence-corrected chi connectivity index (χ1v) is 9.34. The van der Waals surface area contributed by atoms with Gasteiger partial charge in [0.25, 0.3) is 10.0 Å². The van der Waals surface area contributed by atoms with Crippen molar-refractivity contribution in [2.24, 2.45) is 0 Å². The third-order valence-corrected chi connectivity index (χ3v) is 5.59. The summed E-state index contributed by atoms with van der Waals surface area (Å²) < 4.78 is 46.4. The van der Waals surface area contributed by atoms with Gasteiger partial charge in [-0.15, -0.1) is 0 Å². The Kier molecular flexibility index (Phi) is 5.64. The molecule has 0 fully saturated rings. The van der Waals surface area contributed by atoms with Crippen molar-refractivity contribution >= 4 is 31.6 Å². The van der Waals surface area contributed by atoms with Crippen molar-refractivity contribution in [1.29, 1.82) is 0 Å². The maximum absolute atomic E-state index is 13.1. The molecule has 0 aliphatic carbocycles. The Labute approximate surface area is 144 Å². The first-order chi connectivity index (χ1) is 10.9. The molecule has 2 aromatic carbocycles. The second-order valence-electron chi connectivity index (χ2n) is 4.67. The minimum atomic E-state index is -3.84. The molecule has 2 aromatic rings. The Hall–Kier alpha value is -1.60. The van der Waals surface area contributed by atoms with Crippen molar-refractivity contribution in [3.8, 4) is 5.75 Å². The maximum atomic E-state index is 13.1. The number of nitrogens with zero attached hydrogens (tertiary/aromatic N) is 1. The second kappa shape index (κ2) is 7.31. The molecule has 124 valence electrons. The number of benzene rings is 2. The highest BCUT2D eigenvalue weighted by Gasteiger charge is 2.27.